The van der Waals surface area contributed by atoms with Gasteiger partial charge in [0.15, 0.2) is 0 Å². The van der Waals surface area contributed by atoms with E-state index in [1.807, 2.05) is 42.5 Å². The summed E-state index contributed by atoms with van der Waals surface area (Å²) < 4.78 is 0. The minimum Gasteiger partial charge on any atom is -0.389 e. The van der Waals surface area contributed by atoms with Gasteiger partial charge in [0.1, 0.15) is 0 Å². The molecule has 0 fully saturated rings. The van der Waals surface area contributed by atoms with Crippen molar-refractivity contribution in [2.24, 2.45) is 9.98 Å². The van der Waals surface area contributed by atoms with Crippen LogP contribution in [0.15, 0.2) is 76.7 Å². The minimum absolute atomic E-state index is 0.502. The van der Waals surface area contributed by atoms with Crippen LogP contribution in [0.25, 0.3) is 0 Å². The number of hydrogen-bond donors (Lipinski definition) is 3. The number of para-hydroxylation sites is 1. The first-order valence-corrected chi connectivity index (χ1v) is 10.5. The molecule has 0 aliphatic carbocycles. The van der Waals surface area contributed by atoms with Crippen molar-refractivity contribution >= 4 is 34.4 Å². The molecule has 0 saturated carbocycles. The van der Waals surface area contributed by atoms with Crippen LogP contribution in [0.5, 0.6) is 0 Å². The van der Waals surface area contributed by atoms with Crippen LogP contribution in [0.4, 0.5) is 11.4 Å². The summed E-state index contributed by atoms with van der Waals surface area (Å²) in [7, 11) is 0. The average Bonchev–Trinajstić information content (AvgIpc) is 3.23. The van der Waals surface area contributed by atoms with E-state index in [4.69, 9.17) is 4.99 Å². The van der Waals surface area contributed by atoms with Crippen molar-refractivity contribution in [1.29, 1.82) is 0 Å². The van der Waals surface area contributed by atoms with Gasteiger partial charge in [-0.25, -0.2) is 4.99 Å². The Hall–Kier alpha value is -2.96. The summed E-state index contributed by atoms with van der Waals surface area (Å²) in [6.07, 6.45) is 0.337. The highest BCUT2D eigenvalue weighted by Crippen LogP contribution is 2.22. The lowest BCUT2D eigenvalue weighted by Gasteiger charge is -2.14. The zero-order chi connectivity index (χ0) is 20.1. The molecule has 1 aliphatic heterocycles. The number of nitrogens with one attached hydrogen (secondary N) is 2. The van der Waals surface area contributed by atoms with Crippen molar-refractivity contribution in [1.82, 2.24) is 0 Å². The summed E-state index contributed by atoms with van der Waals surface area (Å²) in [5, 5.41) is 16.5. The Balaban J connectivity index is 1.42. The fourth-order valence-electron chi connectivity index (χ4n) is 3.11. The van der Waals surface area contributed by atoms with E-state index in [0.717, 1.165) is 35.6 Å². The van der Waals surface area contributed by atoms with Crippen molar-refractivity contribution in [3.8, 4) is 0 Å². The molecule has 1 aromatic heterocycles. The molecular weight excluding hydrogens is 380 g/mol. The number of benzene rings is 2. The van der Waals surface area contributed by atoms with E-state index < -0.39 is 6.10 Å². The van der Waals surface area contributed by atoms with Crippen LogP contribution < -0.4 is 10.6 Å². The molecule has 1 unspecified atom stereocenters. The number of hydrogen-bond acceptors (Lipinski definition) is 6. The van der Waals surface area contributed by atoms with E-state index in [9.17, 15) is 5.11 Å². The number of aliphatic imine (C=N–C) groups is 2. The molecule has 3 aromatic rings. The molecule has 148 valence electrons. The monoisotopic (exact) mass is 404 g/mol. The van der Waals surface area contributed by atoms with Gasteiger partial charge in [0.05, 0.1) is 11.8 Å². The topological polar surface area (TPSA) is 69.0 Å². The molecule has 2 heterocycles. The van der Waals surface area contributed by atoms with E-state index in [1.165, 1.54) is 9.75 Å². The number of nitrogens with zero attached hydrogens (tertiary/aromatic N) is 2. The van der Waals surface area contributed by atoms with E-state index in [-0.39, 0.29) is 0 Å². The molecule has 1 atom stereocenters. The second-order valence-corrected chi connectivity index (χ2v) is 8.09. The van der Waals surface area contributed by atoms with Gasteiger partial charge in [-0.1, -0.05) is 30.3 Å². The van der Waals surface area contributed by atoms with Gasteiger partial charge in [0.25, 0.3) is 0 Å². The molecule has 0 amide bonds. The Morgan fingerprint density at radius 1 is 1.03 bits per heavy atom. The average molecular weight is 405 g/mol. The lowest BCUT2D eigenvalue weighted by atomic mass is 10.1. The van der Waals surface area contributed by atoms with Gasteiger partial charge in [-0.15, -0.1) is 11.3 Å². The maximum absolute atomic E-state index is 9.77. The second kappa shape index (κ2) is 9.03. The largest absolute Gasteiger partial charge is 0.389 e. The van der Waals surface area contributed by atoms with Gasteiger partial charge < -0.3 is 15.7 Å². The quantitative estimate of drug-likeness (QED) is 0.537. The Kier molecular flexibility index (Phi) is 6.03. The minimum atomic E-state index is -0.502. The molecular formula is C23H24N4OS. The summed E-state index contributed by atoms with van der Waals surface area (Å²) in [4.78, 5) is 11.7. The van der Waals surface area contributed by atoms with E-state index in [1.54, 1.807) is 18.3 Å². The molecule has 0 spiro atoms. The SMILES string of the molecule is CC(O)c1cccc(NC2=NCCC(c3ccc(CNc4ccccc4)s3)=N2)c1. The Morgan fingerprint density at radius 2 is 1.86 bits per heavy atom. The first-order valence-electron chi connectivity index (χ1n) is 9.72. The normalized spacial score (nSPS) is 14.7. The zero-order valence-corrected chi connectivity index (χ0v) is 17.1. The highest BCUT2D eigenvalue weighted by atomic mass is 32.1. The molecule has 3 N–H and O–H groups in total. The molecule has 29 heavy (non-hydrogen) atoms. The smallest absolute Gasteiger partial charge is 0.222 e. The summed E-state index contributed by atoms with van der Waals surface area (Å²) in [6, 6.07) is 22.2. The van der Waals surface area contributed by atoms with Crippen molar-refractivity contribution in [3.63, 3.8) is 0 Å². The third-order valence-electron chi connectivity index (χ3n) is 4.66. The van der Waals surface area contributed by atoms with Crippen LogP contribution in [0.2, 0.25) is 0 Å². The highest BCUT2D eigenvalue weighted by Gasteiger charge is 2.13. The highest BCUT2D eigenvalue weighted by molar-refractivity contribution is 7.14. The van der Waals surface area contributed by atoms with Crippen LogP contribution >= 0.6 is 11.3 Å². The van der Waals surface area contributed by atoms with Gasteiger partial charge >= 0.3 is 0 Å². The molecule has 6 heteroatoms. The molecule has 0 bridgehead atoms. The summed E-state index contributed by atoms with van der Waals surface area (Å²) in [5.41, 5.74) is 3.93. The lowest BCUT2D eigenvalue weighted by Crippen LogP contribution is -2.18. The third kappa shape index (κ3) is 5.10. The number of anilines is 2. The lowest BCUT2D eigenvalue weighted by molar-refractivity contribution is 0.199. The molecule has 2 aromatic carbocycles. The molecule has 0 saturated heterocycles. The van der Waals surface area contributed by atoms with Crippen molar-refractivity contribution in [2.45, 2.75) is 26.0 Å². The second-order valence-electron chi connectivity index (χ2n) is 6.93. The molecule has 4 rings (SSSR count). The summed E-state index contributed by atoms with van der Waals surface area (Å²) in [6.45, 7) is 3.27. The number of guanidine groups is 1. The Labute approximate surface area is 174 Å². The van der Waals surface area contributed by atoms with Crippen molar-refractivity contribution in [3.05, 3.63) is 82.0 Å². The molecule has 1 aliphatic rings. The van der Waals surface area contributed by atoms with Gasteiger partial charge in [0, 0.05) is 40.6 Å². The first kappa shape index (κ1) is 19.4. The maximum atomic E-state index is 9.77. The van der Waals surface area contributed by atoms with E-state index >= 15 is 0 Å². The van der Waals surface area contributed by atoms with Crippen LogP contribution in [-0.4, -0.2) is 23.3 Å². The predicted molar refractivity (Wildman–Crippen MR) is 122 cm³/mol. The van der Waals surface area contributed by atoms with E-state index in [0.29, 0.717) is 12.5 Å². The predicted octanol–water partition coefficient (Wildman–Crippen LogP) is 5.07. The zero-order valence-electron chi connectivity index (χ0n) is 16.3. The molecule has 0 radical (unpaired) electrons. The van der Waals surface area contributed by atoms with Gasteiger partial charge in [0.2, 0.25) is 5.96 Å². The van der Waals surface area contributed by atoms with Crippen LogP contribution in [0.1, 0.15) is 34.8 Å². The number of rotatable bonds is 6. The van der Waals surface area contributed by atoms with Crippen LogP contribution in [-0.2, 0) is 6.54 Å². The Morgan fingerprint density at radius 3 is 2.69 bits per heavy atom. The fraction of sp³-hybridized carbons (Fsp3) is 0.217. The van der Waals surface area contributed by atoms with Crippen molar-refractivity contribution in [2.75, 3.05) is 17.2 Å². The third-order valence-corrected chi connectivity index (χ3v) is 5.80. The summed E-state index contributed by atoms with van der Waals surface area (Å²) >= 11 is 1.76. The number of aliphatic hydroxyl groups excluding tert-OH is 1. The summed E-state index contributed by atoms with van der Waals surface area (Å²) in [5.74, 6) is 0.617. The van der Waals surface area contributed by atoms with Crippen molar-refractivity contribution < 1.29 is 5.11 Å². The van der Waals surface area contributed by atoms with Gasteiger partial charge in [-0.3, -0.25) is 4.99 Å². The van der Waals surface area contributed by atoms with Crippen LogP contribution in [0, 0.1) is 0 Å². The first-order chi connectivity index (χ1) is 14.2. The van der Waals surface area contributed by atoms with Gasteiger partial charge in [-0.05, 0) is 48.9 Å². The van der Waals surface area contributed by atoms with Gasteiger partial charge in [-0.2, -0.15) is 0 Å². The van der Waals surface area contributed by atoms with Crippen LogP contribution in [0.3, 0.4) is 0 Å². The number of thiophene rings is 1. The fourth-order valence-corrected chi connectivity index (χ4v) is 4.08. The van der Waals surface area contributed by atoms with E-state index in [2.05, 4.69) is 39.9 Å². The number of aliphatic hydroxyl groups is 1. The standard InChI is InChI=1S/C23H24N4OS/c1-16(28)17-6-5-9-19(14-17)26-23-24-13-12-21(27-23)22-11-10-20(29-22)15-25-18-7-3-2-4-8-18/h2-11,14,16,25,28H,12-13,15H2,1H3,(H,24,26). The Bertz CT molecular complexity index is 1020. The maximum Gasteiger partial charge on any atom is 0.222 e. The molecule has 5 nitrogen and oxygen atoms in total.